The van der Waals surface area contributed by atoms with Crippen LogP contribution in [0.5, 0.6) is 5.75 Å². The third-order valence-electron chi connectivity index (χ3n) is 7.52. The molecule has 0 spiro atoms. The van der Waals surface area contributed by atoms with Crippen molar-refractivity contribution in [2.45, 2.75) is 57.2 Å². The Morgan fingerprint density at radius 1 is 0.929 bits per heavy atom. The van der Waals surface area contributed by atoms with Gasteiger partial charge in [-0.2, -0.15) is 0 Å². The summed E-state index contributed by atoms with van der Waals surface area (Å²) in [5.41, 5.74) is 1.98. The average Bonchev–Trinajstić information content (AvgIpc) is 2.99. The van der Waals surface area contributed by atoms with Gasteiger partial charge >= 0.3 is 0 Å². The Bertz CT molecular complexity index is 1440. The standard InChI is InChI=1S/C32H38BrN3O5S/c1-41-30-16-10-9-15-28(30)36(42(2,39)40)23-31(37)35(22-25-17-19-26(33)20-18-25)29(21-24-11-5-3-6-12-24)32(38)34-27-13-7-4-8-14-27/h3,5-6,9-12,15-20,27,29H,4,7-8,13-14,21-23H2,1-2H3,(H,34,38). The Morgan fingerprint density at radius 2 is 1.57 bits per heavy atom. The van der Waals surface area contributed by atoms with Crippen molar-refractivity contribution in [3.05, 3.63) is 94.5 Å². The van der Waals surface area contributed by atoms with E-state index in [-0.39, 0.29) is 30.6 Å². The SMILES string of the molecule is COc1ccccc1N(CC(=O)N(Cc1ccc(Br)cc1)C(Cc1ccccc1)C(=O)NC1CCCCC1)S(C)(=O)=O. The highest BCUT2D eigenvalue weighted by atomic mass is 79.9. The summed E-state index contributed by atoms with van der Waals surface area (Å²) in [4.78, 5) is 29.8. The van der Waals surface area contributed by atoms with Gasteiger partial charge in [-0.3, -0.25) is 13.9 Å². The molecule has 42 heavy (non-hydrogen) atoms. The summed E-state index contributed by atoms with van der Waals surface area (Å²) in [6.45, 7) is -0.358. The molecule has 1 fully saturated rings. The fourth-order valence-corrected chi connectivity index (χ4v) is 6.43. The summed E-state index contributed by atoms with van der Waals surface area (Å²) in [7, 11) is -2.44. The summed E-state index contributed by atoms with van der Waals surface area (Å²) in [5.74, 6) is -0.403. The number of nitrogens with one attached hydrogen (secondary N) is 1. The number of rotatable bonds is 12. The van der Waals surface area contributed by atoms with Crippen LogP contribution in [0.2, 0.25) is 0 Å². The molecule has 1 N–H and O–H groups in total. The van der Waals surface area contributed by atoms with Gasteiger partial charge in [-0.05, 0) is 48.2 Å². The molecule has 1 aliphatic rings. The molecule has 3 aromatic rings. The zero-order chi connectivity index (χ0) is 30.1. The van der Waals surface area contributed by atoms with Gasteiger partial charge in [0.05, 0.1) is 19.1 Å². The van der Waals surface area contributed by atoms with Crippen LogP contribution < -0.4 is 14.4 Å². The van der Waals surface area contributed by atoms with E-state index in [1.165, 1.54) is 12.0 Å². The molecule has 8 nitrogen and oxygen atoms in total. The molecule has 0 heterocycles. The van der Waals surface area contributed by atoms with Gasteiger partial charge in [0.2, 0.25) is 21.8 Å². The van der Waals surface area contributed by atoms with Crippen LogP contribution in [0.4, 0.5) is 5.69 Å². The largest absolute Gasteiger partial charge is 0.495 e. The number of para-hydroxylation sites is 2. The van der Waals surface area contributed by atoms with E-state index in [1.807, 2.05) is 54.6 Å². The highest BCUT2D eigenvalue weighted by Gasteiger charge is 2.34. The third-order valence-corrected chi connectivity index (χ3v) is 9.18. The summed E-state index contributed by atoms with van der Waals surface area (Å²) >= 11 is 3.46. The number of nitrogens with zero attached hydrogens (tertiary/aromatic N) is 2. The Kier molecular flexibility index (Phi) is 11.0. The molecule has 224 valence electrons. The molecule has 0 bridgehead atoms. The lowest BCUT2D eigenvalue weighted by Gasteiger charge is -2.35. The van der Waals surface area contributed by atoms with Gasteiger partial charge in [-0.15, -0.1) is 0 Å². The van der Waals surface area contributed by atoms with E-state index in [1.54, 1.807) is 24.3 Å². The first-order valence-electron chi connectivity index (χ1n) is 14.1. The zero-order valence-corrected chi connectivity index (χ0v) is 26.4. The molecule has 2 amide bonds. The van der Waals surface area contributed by atoms with E-state index in [2.05, 4.69) is 21.2 Å². The molecule has 0 radical (unpaired) electrons. The minimum absolute atomic E-state index is 0.0512. The van der Waals surface area contributed by atoms with Crippen molar-refractivity contribution in [2.24, 2.45) is 0 Å². The predicted molar refractivity (Wildman–Crippen MR) is 169 cm³/mol. The smallest absolute Gasteiger partial charge is 0.244 e. The minimum atomic E-state index is -3.89. The minimum Gasteiger partial charge on any atom is -0.495 e. The normalized spacial score (nSPS) is 14.5. The lowest BCUT2D eigenvalue weighted by Crippen LogP contribution is -2.55. The monoisotopic (exact) mass is 655 g/mol. The highest BCUT2D eigenvalue weighted by molar-refractivity contribution is 9.10. The van der Waals surface area contributed by atoms with Crippen molar-refractivity contribution in [2.75, 3.05) is 24.2 Å². The highest BCUT2D eigenvalue weighted by Crippen LogP contribution is 2.30. The van der Waals surface area contributed by atoms with Crippen LogP contribution in [-0.2, 0) is 32.6 Å². The van der Waals surface area contributed by atoms with E-state index in [0.717, 1.165) is 58.3 Å². The lowest BCUT2D eigenvalue weighted by atomic mass is 9.94. The van der Waals surface area contributed by atoms with Crippen LogP contribution in [0.1, 0.15) is 43.2 Å². The molecule has 0 saturated heterocycles. The predicted octanol–water partition coefficient (Wildman–Crippen LogP) is 5.31. The second-order valence-electron chi connectivity index (χ2n) is 10.6. The number of carbonyl (C=O) groups is 2. The second-order valence-corrected chi connectivity index (χ2v) is 13.5. The van der Waals surface area contributed by atoms with E-state index in [9.17, 15) is 18.0 Å². The molecule has 1 saturated carbocycles. The van der Waals surface area contributed by atoms with Gasteiger partial charge in [0, 0.05) is 23.5 Å². The number of amides is 2. The average molecular weight is 657 g/mol. The van der Waals surface area contributed by atoms with Crippen molar-refractivity contribution in [3.63, 3.8) is 0 Å². The molecule has 1 aliphatic carbocycles. The van der Waals surface area contributed by atoms with Crippen molar-refractivity contribution >= 4 is 43.5 Å². The van der Waals surface area contributed by atoms with Gasteiger partial charge in [0.1, 0.15) is 18.3 Å². The Hall–Kier alpha value is -3.37. The molecule has 3 aromatic carbocycles. The summed E-state index contributed by atoms with van der Waals surface area (Å²) in [6, 6.07) is 23.0. The maximum absolute atomic E-state index is 14.3. The van der Waals surface area contributed by atoms with Crippen molar-refractivity contribution < 1.29 is 22.7 Å². The number of halogens is 1. The summed E-state index contributed by atoms with van der Waals surface area (Å²) in [5, 5.41) is 3.21. The molecule has 10 heteroatoms. The van der Waals surface area contributed by atoms with E-state index in [0.29, 0.717) is 5.75 Å². The molecule has 1 unspecified atom stereocenters. The number of hydrogen-bond donors (Lipinski definition) is 1. The first-order chi connectivity index (χ1) is 20.2. The fraction of sp³-hybridized carbons (Fsp3) is 0.375. The van der Waals surface area contributed by atoms with Gasteiger partial charge in [-0.1, -0.05) is 89.8 Å². The Labute approximate surface area is 257 Å². The molecule has 4 rings (SSSR count). The van der Waals surface area contributed by atoms with Crippen LogP contribution >= 0.6 is 15.9 Å². The molecule has 1 atom stereocenters. The van der Waals surface area contributed by atoms with Gasteiger partial charge in [-0.25, -0.2) is 8.42 Å². The maximum Gasteiger partial charge on any atom is 0.244 e. The van der Waals surface area contributed by atoms with E-state index in [4.69, 9.17) is 4.74 Å². The van der Waals surface area contributed by atoms with Crippen LogP contribution in [0.15, 0.2) is 83.3 Å². The Morgan fingerprint density at radius 3 is 2.21 bits per heavy atom. The number of carbonyl (C=O) groups excluding carboxylic acids is 2. The quantitative estimate of drug-likeness (QED) is 0.285. The number of anilines is 1. The van der Waals surface area contributed by atoms with E-state index < -0.39 is 28.5 Å². The van der Waals surface area contributed by atoms with Crippen LogP contribution in [0, 0.1) is 0 Å². The summed E-state index contributed by atoms with van der Waals surface area (Å²) in [6.07, 6.45) is 6.41. The summed E-state index contributed by atoms with van der Waals surface area (Å²) < 4.78 is 33.4. The third kappa shape index (κ3) is 8.58. The second kappa shape index (κ2) is 14.7. The molecule has 0 aliphatic heterocycles. The van der Waals surface area contributed by atoms with Crippen LogP contribution in [0.3, 0.4) is 0 Å². The van der Waals surface area contributed by atoms with E-state index >= 15 is 0 Å². The fourth-order valence-electron chi connectivity index (χ4n) is 5.32. The molecular formula is C32H38BrN3O5S. The molecular weight excluding hydrogens is 618 g/mol. The van der Waals surface area contributed by atoms with Crippen LogP contribution in [-0.4, -0.2) is 57.1 Å². The first kappa shape index (κ1) is 31.6. The lowest BCUT2D eigenvalue weighted by molar-refractivity contribution is -0.140. The maximum atomic E-state index is 14.3. The van der Waals surface area contributed by atoms with Crippen molar-refractivity contribution in [3.8, 4) is 5.75 Å². The Balaban J connectivity index is 1.73. The van der Waals surface area contributed by atoms with Crippen molar-refractivity contribution in [1.82, 2.24) is 10.2 Å². The topological polar surface area (TPSA) is 96.0 Å². The van der Waals surface area contributed by atoms with Crippen LogP contribution in [0.25, 0.3) is 0 Å². The number of methoxy groups -OCH3 is 1. The van der Waals surface area contributed by atoms with Gasteiger partial charge in [0.15, 0.2) is 0 Å². The van der Waals surface area contributed by atoms with Crippen molar-refractivity contribution in [1.29, 1.82) is 0 Å². The number of sulfonamides is 1. The van der Waals surface area contributed by atoms with Gasteiger partial charge < -0.3 is 15.0 Å². The number of ether oxygens (including phenoxy) is 1. The number of benzene rings is 3. The number of hydrogen-bond acceptors (Lipinski definition) is 5. The molecule has 0 aromatic heterocycles. The van der Waals surface area contributed by atoms with Gasteiger partial charge in [0.25, 0.3) is 0 Å². The zero-order valence-electron chi connectivity index (χ0n) is 24.0. The first-order valence-corrected chi connectivity index (χ1v) is 16.8.